The molecule has 0 atom stereocenters. The van der Waals surface area contributed by atoms with Crippen LogP contribution >= 0.6 is 12.2 Å². The van der Waals surface area contributed by atoms with Crippen LogP contribution in [0.1, 0.15) is 5.56 Å². The molecular weight excluding hydrogens is 362 g/mol. The predicted octanol–water partition coefficient (Wildman–Crippen LogP) is 3.56. The van der Waals surface area contributed by atoms with Gasteiger partial charge < -0.3 is 14.8 Å². The number of hydrogen-bond donors (Lipinski definition) is 1. The topological polar surface area (TPSA) is 50.8 Å². The molecule has 1 N–H and O–H groups in total. The maximum absolute atomic E-state index is 12.6. The minimum Gasteiger partial charge on any atom is -0.493 e. The Balaban J connectivity index is 1.89. The van der Waals surface area contributed by atoms with Crippen LogP contribution < -0.4 is 19.7 Å². The molecule has 2 aromatic rings. The molecule has 0 unspecified atom stereocenters. The number of rotatable bonds is 5. The largest absolute Gasteiger partial charge is 0.493 e. The average Bonchev–Trinajstić information content (AvgIpc) is 2.90. The Labute approximate surface area is 153 Å². The van der Waals surface area contributed by atoms with E-state index in [2.05, 4.69) is 10.1 Å². The van der Waals surface area contributed by atoms with Crippen LogP contribution in [-0.2, 0) is 4.79 Å². The van der Waals surface area contributed by atoms with E-state index in [4.69, 9.17) is 17.0 Å². The third kappa shape index (κ3) is 3.65. The van der Waals surface area contributed by atoms with Crippen molar-refractivity contribution in [1.82, 2.24) is 5.32 Å². The van der Waals surface area contributed by atoms with Gasteiger partial charge in [0, 0.05) is 0 Å². The van der Waals surface area contributed by atoms with Gasteiger partial charge in [0.15, 0.2) is 16.6 Å². The number of methoxy groups -OCH3 is 1. The molecule has 5 nitrogen and oxygen atoms in total. The van der Waals surface area contributed by atoms with Gasteiger partial charge in [0.05, 0.1) is 12.8 Å². The highest BCUT2D eigenvalue weighted by molar-refractivity contribution is 7.80. The van der Waals surface area contributed by atoms with Crippen LogP contribution in [0.2, 0.25) is 0 Å². The predicted molar refractivity (Wildman–Crippen MR) is 97.3 cm³/mol. The second kappa shape index (κ2) is 7.49. The lowest BCUT2D eigenvalue weighted by Crippen LogP contribution is -2.30. The van der Waals surface area contributed by atoms with Crippen LogP contribution in [0.4, 0.5) is 14.5 Å². The lowest BCUT2D eigenvalue weighted by atomic mass is 10.1. The average molecular weight is 376 g/mol. The van der Waals surface area contributed by atoms with Gasteiger partial charge >= 0.3 is 6.61 Å². The lowest BCUT2D eigenvalue weighted by molar-refractivity contribution is -0.113. The highest BCUT2D eigenvalue weighted by Gasteiger charge is 2.31. The first-order chi connectivity index (χ1) is 12.5. The zero-order valence-electron chi connectivity index (χ0n) is 13.6. The smallest absolute Gasteiger partial charge is 0.387 e. The minimum absolute atomic E-state index is 0.0863. The second-order valence-corrected chi connectivity index (χ2v) is 5.64. The van der Waals surface area contributed by atoms with E-state index in [1.165, 1.54) is 30.2 Å². The monoisotopic (exact) mass is 376 g/mol. The van der Waals surface area contributed by atoms with E-state index in [1.807, 2.05) is 6.07 Å². The third-order valence-corrected chi connectivity index (χ3v) is 3.89. The number of hydrogen-bond acceptors (Lipinski definition) is 4. The van der Waals surface area contributed by atoms with E-state index in [-0.39, 0.29) is 28.2 Å². The Hall–Kier alpha value is -3.00. The zero-order chi connectivity index (χ0) is 18.7. The van der Waals surface area contributed by atoms with Gasteiger partial charge in [0.2, 0.25) is 0 Å². The Kier molecular flexibility index (Phi) is 5.13. The molecule has 0 bridgehead atoms. The Bertz CT molecular complexity index is 872. The van der Waals surface area contributed by atoms with Gasteiger partial charge in [0.25, 0.3) is 5.91 Å². The molecule has 1 amide bonds. The number of halogens is 2. The number of benzene rings is 2. The molecule has 3 rings (SSSR count). The van der Waals surface area contributed by atoms with E-state index in [1.54, 1.807) is 30.3 Å². The molecule has 0 spiro atoms. The van der Waals surface area contributed by atoms with Gasteiger partial charge in [-0.25, -0.2) is 0 Å². The summed E-state index contributed by atoms with van der Waals surface area (Å²) < 4.78 is 34.2. The molecule has 0 aliphatic carbocycles. The number of nitrogens with one attached hydrogen (secondary N) is 1. The van der Waals surface area contributed by atoms with Gasteiger partial charge in [-0.1, -0.05) is 24.3 Å². The van der Waals surface area contributed by atoms with Crippen molar-refractivity contribution in [2.24, 2.45) is 0 Å². The molecule has 1 saturated heterocycles. The molecule has 0 aromatic heterocycles. The molecular formula is C18H14F2N2O3S. The quantitative estimate of drug-likeness (QED) is 0.639. The number of ether oxygens (including phenoxy) is 2. The van der Waals surface area contributed by atoms with Gasteiger partial charge in [-0.2, -0.15) is 8.78 Å². The van der Waals surface area contributed by atoms with Crippen molar-refractivity contribution in [2.45, 2.75) is 6.61 Å². The number of thiocarbonyl (C=S) groups is 1. The summed E-state index contributed by atoms with van der Waals surface area (Å²) in [5.41, 5.74) is 1.48. The molecule has 1 fully saturated rings. The Morgan fingerprint density at radius 1 is 1.15 bits per heavy atom. The molecule has 0 saturated carbocycles. The second-order valence-electron chi connectivity index (χ2n) is 5.25. The first kappa shape index (κ1) is 17.8. The Morgan fingerprint density at radius 3 is 2.54 bits per heavy atom. The van der Waals surface area contributed by atoms with E-state index < -0.39 is 6.61 Å². The van der Waals surface area contributed by atoms with Crippen molar-refractivity contribution in [3.8, 4) is 11.5 Å². The van der Waals surface area contributed by atoms with Crippen molar-refractivity contribution in [3.63, 3.8) is 0 Å². The number of amides is 1. The summed E-state index contributed by atoms with van der Waals surface area (Å²) in [6.07, 6.45) is 1.56. The van der Waals surface area contributed by atoms with Crippen molar-refractivity contribution < 1.29 is 23.0 Å². The molecule has 134 valence electrons. The van der Waals surface area contributed by atoms with E-state index in [0.717, 1.165) is 0 Å². The highest BCUT2D eigenvalue weighted by Crippen LogP contribution is 2.31. The Morgan fingerprint density at radius 2 is 1.88 bits per heavy atom. The van der Waals surface area contributed by atoms with Crippen LogP contribution in [0.25, 0.3) is 6.08 Å². The van der Waals surface area contributed by atoms with Crippen molar-refractivity contribution >= 4 is 35.0 Å². The summed E-state index contributed by atoms with van der Waals surface area (Å²) in [4.78, 5) is 14.0. The zero-order valence-corrected chi connectivity index (χ0v) is 14.4. The fourth-order valence-electron chi connectivity index (χ4n) is 2.48. The maximum Gasteiger partial charge on any atom is 0.387 e. The number of para-hydroxylation sites is 1. The molecule has 2 aromatic carbocycles. The number of carbonyl (C=O) groups excluding carboxylic acids is 1. The molecule has 26 heavy (non-hydrogen) atoms. The van der Waals surface area contributed by atoms with Crippen LogP contribution in [0, 0.1) is 0 Å². The van der Waals surface area contributed by atoms with Crippen LogP contribution in [-0.4, -0.2) is 24.7 Å². The standard InChI is InChI=1S/C18H14F2N2O3S/c1-24-15-10-11(7-8-14(15)25-17(19)20)9-13-16(23)22(18(26)21-13)12-5-3-2-4-6-12/h2-10,17H,1H3,(H,21,26). The lowest BCUT2D eigenvalue weighted by Gasteiger charge is -2.13. The van der Waals surface area contributed by atoms with E-state index >= 15 is 0 Å². The number of carbonyl (C=O) groups is 1. The van der Waals surface area contributed by atoms with Crippen molar-refractivity contribution in [1.29, 1.82) is 0 Å². The summed E-state index contributed by atoms with van der Waals surface area (Å²) in [5, 5.41) is 3.12. The summed E-state index contributed by atoms with van der Waals surface area (Å²) in [5.74, 6) is -0.266. The molecule has 0 radical (unpaired) electrons. The van der Waals surface area contributed by atoms with Gasteiger partial charge in [-0.05, 0) is 48.1 Å². The normalized spacial score (nSPS) is 15.5. The van der Waals surface area contributed by atoms with Crippen molar-refractivity contribution in [3.05, 3.63) is 59.8 Å². The SMILES string of the molecule is COc1cc(C=C2NC(=S)N(c3ccccc3)C2=O)ccc1OC(F)F. The minimum atomic E-state index is -2.96. The van der Waals surface area contributed by atoms with Crippen LogP contribution in [0.15, 0.2) is 54.2 Å². The number of anilines is 1. The van der Waals surface area contributed by atoms with Crippen LogP contribution in [0.3, 0.4) is 0 Å². The number of alkyl halides is 2. The van der Waals surface area contributed by atoms with Gasteiger partial charge in [-0.3, -0.25) is 9.69 Å². The molecule has 8 heteroatoms. The van der Waals surface area contributed by atoms with E-state index in [0.29, 0.717) is 11.3 Å². The molecule has 1 heterocycles. The fraction of sp³-hybridized carbons (Fsp3) is 0.111. The van der Waals surface area contributed by atoms with Crippen molar-refractivity contribution in [2.75, 3.05) is 12.0 Å². The first-order valence-electron chi connectivity index (χ1n) is 7.54. The number of nitrogens with zero attached hydrogens (tertiary/aromatic N) is 1. The summed E-state index contributed by atoms with van der Waals surface area (Å²) in [7, 11) is 1.34. The van der Waals surface area contributed by atoms with Gasteiger partial charge in [-0.15, -0.1) is 0 Å². The highest BCUT2D eigenvalue weighted by atomic mass is 32.1. The summed E-state index contributed by atoms with van der Waals surface area (Å²) in [6, 6.07) is 13.4. The first-order valence-corrected chi connectivity index (χ1v) is 7.95. The summed E-state index contributed by atoms with van der Waals surface area (Å²) in [6.45, 7) is -2.96. The molecule has 1 aliphatic rings. The maximum atomic E-state index is 12.6. The fourth-order valence-corrected chi connectivity index (χ4v) is 2.78. The van der Waals surface area contributed by atoms with E-state index in [9.17, 15) is 13.6 Å². The van der Waals surface area contributed by atoms with Crippen LogP contribution in [0.5, 0.6) is 11.5 Å². The third-order valence-electron chi connectivity index (χ3n) is 3.61. The molecule has 1 aliphatic heterocycles. The summed E-state index contributed by atoms with van der Waals surface area (Å²) >= 11 is 5.23. The van der Waals surface area contributed by atoms with Gasteiger partial charge in [0.1, 0.15) is 5.70 Å².